The molecule has 1 aromatic heterocycles. The fraction of sp³-hybridized carbons (Fsp3) is 0.0625. The van der Waals surface area contributed by atoms with Crippen molar-refractivity contribution < 1.29 is 9.13 Å². The van der Waals surface area contributed by atoms with Gasteiger partial charge in [0.2, 0.25) is 0 Å². The minimum Gasteiger partial charge on any atom is -0.497 e. The minimum atomic E-state index is -0.285. The second kappa shape index (κ2) is 5.28. The van der Waals surface area contributed by atoms with Gasteiger partial charge in [-0.1, -0.05) is 0 Å². The summed E-state index contributed by atoms with van der Waals surface area (Å²) in [5.74, 6) is 0.490. The number of ether oxygens (including phenoxy) is 1. The van der Waals surface area contributed by atoms with Crippen LogP contribution < -0.4 is 10.5 Å². The lowest BCUT2D eigenvalue weighted by Gasteiger charge is -2.03. The van der Waals surface area contributed by atoms with Gasteiger partial charge in [0.25, 0.3) is 0 Å². The monoisotopic (exact) mass is 283 g/mol. The van der Waals surface area contributed by atoms with Gasteiger partial charge in [-0.25, -0.2) is 9.07 Å². The van der Waals surface area contributed by atoms with Gasteiger partial charge in [0.1, 0.15) is 17.3 Å². The van der Waals surface area contributed by atoms with Gasteiger partial charge in [-0.3, -0.25) is 0 Å². The molecule has 0 saturated carbocycles. The van der Waals surface area contributed by atoms with Crippen LogP contribution in [0.2, 0.25) is 0 Å². The first-order valence-electron chi connectivity index (χ1n) is 6.43. The predicted molar refractivity (Wildman–Crippen MR) is 79.9 cm³/mol. The van der Waals surface area contributed by atoms with Crippen LogP contribution in [0.3, 0.4) is 0 Å². The van der Waals surface area contributed by atoms with Crippen LogP contribution in [0.25, 0.3) is 16.9 Å². The van der Waals surface area contributed by atoms with Gasteiger partial charge in [-0.05, 0) is 48.5 Å². The molecule has 21 heavy (non-hydrogen) atoms. The largest absolute Gasteiger partial charge is 0.497 e. The Balaban J connectivity index is 1.98. The molecule has 106 valence electrons. The molecule has 0 atom stereocenters. The summed E-state index contributed by atoms with van der Waals surface area (Å²) in [6.45, 7) is 0. The molecular weight excluding hydrogens is 269 g/mol. The highest BCUT2D eigenvalue weighted by Crippen LogP contribution is 2.26. The maximum Gasteiger partial charge on any atom is 0.123 e. The molecule has 5 heteroatoms. The number of benzene rings is 2. The molecule has 3 rings (SSSR count). The van der Waals surface area contributed by atoms with Crippen molar-refractivity contribution >= 4 is 5.69 Å². The fourth-order valence-electron chi connectivity index (χ4n) is 2.09. The lowest BCUT2D eigenvalue weighted by molar-refractivity contribution is 0.414. The van der Waals surface area contributed by atoms with Crippen molar-refractivity contribution in [2.24, 2.45) is 0 Å². The molecule has 1 heterocycles. The Labute approximate surface area is 121 Å². The quantitative estimate of drug-likeness (QED) is 0.802. The summed E-state index contributed by atoms with van der Waals surface area (Å²) in [6, 6.07) is 13.6. The van der Waals surface area contributed by atoms with Crippen molar-refractivity contribution in [3.63, 3.8) is 0 Å². The summed E-state index contributed by atoms with van der Waals surface area (Å²) in [5, 5.41) is 4.46. The first-order chi connectivity index (χ1) is 10.2. The SMILES string of the molecule is COc1ccc(-n2cc(N)c(-c3ccc(F)cc3)n2)cc1. The number of halogens is 1. The second-order valence-corrected chi connectivity index (χ2v) is 4.58. The number of methoxy groups -OCH3 is 1. The number of hydrogen-bond donors (Lipinski definition) is 1. The number of nitrogen functional groups attached to an aromatic ring is 1. The van der Waals surface area contributed by atoms with Crippen LogP contribution in [0.4, 0.5) is 10.1 Å². The highest BCUT2D eigenvalue weighted by molar-refractivity contribution is 5.72. The summed E-state index contributed by atoms with van der Waals surface area (Å²) in [6.07, 6.45) is 1.74. The summed E-state index contributed by atoms with van der Waals surface area (Å²) >= 11 is 0. The van der Waals surface area contributed by atoms with Crippen LogP contribution in [0.5, 0.6) is 5.75 Å². The average molecular weight is 283 g/mol. The lowest BCUT2D eigenvalue weighted by atomic mass is 10.1. The van der Waals surface area contributed by atoms with E-state index in [1.54, 1.807) is 30.1 Å². The smallest absolute Gasteiger partial charge is 0.123 e. The van der Waals surface area contributed by atoms with Crippen LogP contribution in [0.1, 0.15) is 0 Å². The lowest BCUT2D eigenvalue weighted by Crippen LogP contribution is -1.95. The van der Waals surface area contributed by atoms with Gasteiger partial charge in [-0.2, -0.15) is 5.10 Å². The second-order valence-electron chi connectivity index (χ2n) is 4.58. The summed E-state index contributed by atoms with van der Waals surface area (Å²) in [5.41, 5.74) is 8.82. The Morgan fingerprint density at radius 1 is 1.05 bits per heavy atom. The predicted octanol–water partition coefficient (Wildman–Crippen LogP) is 3.27. The van der Waals surface area contributed by atoms with Crippen molar-refractivity contribution in [2.45, 2.75) is 0 Å². The molecule has 0 saturated heterocycles. The average Bonchev–Trinajstić information content (AvgIpc) is 2.90. The Bertz CT molecular complexity index is 748. The number of nitrogens with zero attached hydrogens (tertiary/aromatic N) is 2. The molecule has 0 unspecified atom stereocenters. The molecule has 0 radical (unpaired) electrons. The molecular formula is C16H14FN3O. The highest BCUT2D eigenvalue weighted by Gasteiger charge is 2.10. The van der Waals surface area contributed by atoms with Crippen molar-refractivity contribution in [1.29, 1.82) is 0 Å². The zero-order valence-corrected chi connectivity index (χ0v) is 11.5. The maximum atomic E-state index is 13.0. The van der Waals surface area contributed by atoms with E-state index in [1.807, 2.05) is 24.3 Å². The van der Waals surface area contributed by atoms with Gasteiger partial charge in [0.05, 0.1) is 24.7 Å². The Kier molecular flexibility index (Phi) is 3.31. The van der Waals surface area contributed by atoms with Gasteiger partial charge in [0, 0.05) is 5.56 Å². The number of hydrogen-bond acceptors (Lipinski definition) is 3. The number of rotatable bonds is 3. The van der Waals surface area contributed by atoms with Crippen molar-refractivity contribution in [2.75, 3.05) is 12.8 Å². The highest BCUT2D eigenvalue weighted by atomic mass is 19.1. The summed E-state index contributed by atoms with van der Waals surface area (Å²) in [7, 11) is 1.62. The Morgan fingerprint density at radius 2 is 1.71 bits per heavy atom. The standard InChI is InChI=1S/C16H14FN3O/c1-21-14-8-6-13(7-9-14)20-10-15(18)16(19-20)11-2-4-12(17)5-3-11/h2-10H,18H2,1H3. The molecule has 0 bridgehead atoms. The van der Waals surface area contributed by atoms with E-state index in [0.29, 0.717) is 11.4 Å². The molecule has 2 N–H and O–H groups in total. The summed E-state index contributed by atoms with van der Waals surface area (Å²) < 4.78 is 19.8. The van der Waals surface area contributed by atoms with Crippen LogP contribution in [0, 0.1) is 5.82 Å². The minimum absolute atomic E-state index is 0.285. The maximum absolute atomic E-state index is 13.0. The van der Waals surface area contributed by atoms with Gasteiger partial charge in [0.15, 0.2) is 0 Å². The van der Waals surface area contributed by atoms with E-state index in [4.69, 9.17) is 10.5 Å². The molecule has 2 aromatic carbocycles. The van der Waals surface area contributed by atoms with Crippen molar-refractivity contribution in [3.05, 3.63) is 60.5 Å². The van der Waals surface area contributed by atoms with E-state index >= 15 is 0 Å². The molecule has 0 aliphatic rings. The fourth-order valence-corrected chi connectivity index (χ4v) is 2.09. The van der Waals surface area contributed by atoms with E-state index in [2.05, 4.69) is 5.10 Å². The van der Waals surface area contributed by atoms with E-state index < -0.39 is 0 Å². The first kappa shape index (κ1) is 13.2. The van der Waals surface area contributed by atoms with E-state index in [0.717, 1.165) is 17.0 Å². The third-order valence-corrected chi connectivity index (χ3v) is 3.20. The van der Waals surface area contributed by atoms with E-state index in [-0.39, 0.29) is 5.82 Å². The van der Waals surface area contributed by atoms with Crippen LogP contribution in [-0.4, -0.2) is 16.9 Å². The molecule has 0 fully saturated rings. The third-order valence-electron chi connectivity index (χ3n) is 3.20. The van der Waals surface area contributed by atoms with Gasteiger partial charge < -0.3 is 10.5 Å². The normalized spacial score (nSPS) is 10.6. The number of nitrogens with two attached hydrogens (primary N) is 1. The van der Waals surface area contributed by atoms with Crippen LogP contribution in [0.15, 0.2) is 54.7 Å². The van der Waals surface area contributed by atoms with Gasteiger partial charge in [-0.15, -0.1) is 0 Å². The van der Waals surface area contributed by atoms with Crippen LogP contribution >= 0.6 is 0 Å². The van der Waals surface area contributed by atoms with Crippen LogP contribution in [-0.2, 0) is 0 Å². The Hall–Kier alpha value is -2.82. The third kappa shape index (κ3) is 2.58. The molecule has 3 aromatic rings. The topological polar surface area (TPSA) is 53.1 Å². The molecule has 0 amide bonds. The van der Waals surface area contributed by atoms with Crippen molar-refractivity contribution in [1.82, 2.24) is 9.78 Å². The zero-order chi connectivity index (χ0) is 14.8. The summed E-state index contributed by atoms with van der Waals surface area (Å²) in [4.78, 5) is 0. The van der Waals surface area contributed by atoms with Gasteiger partial charge >= 0.3 is 0 Å². The van der Waals surface area contributed by atoms with Crippen molar-refractivity contribution in [3.8, 4) is 22.7 Å². The number of aromatic nitrogens is 2. The zero-order valence-electron chi connectivity index (χ0n) is 11.5. The molecule has 4 nitrogen and oxygen atoms in total. The Morgan fingerprint density at radius 3 is 2.33 bits per heavy atom. The first-order valence-corrected chi connectivity index (χ1v) is 6.43. The molecule has 0 aliphatic heterocycles. The van der Waals surface area contributed by atoms with E-state index in [1.165, 1.54) is 12.1 Å². The van der Waals surface area contributed by atoms with E-state index in [9.17, 15) is 4.39 Å². The molecule has 0 spiro atoms. The number of anilines is 1. The molecule has 0 aliphatic carbocycles.